The SMILES string of the molecule is C[Si](C)(C)Cl.C[Si](C)(C)Oc1ccccc1.ClCCl.Oc1ccccc1. The molecule has 0 amide bonds. The topological polar surface area (TPSA) is 29.5 Å². The van der Waals surface area contributed by atoms with Gasteiger partial charge in [-0.25, -0.2) is 0 Å². The number of alkyl halides is 2. The van der Waals surface area contributed by atoms with Crippen LogP contribution in [0.2, 0.25) is 39.3 Å². The molecule has 0 aliphatic rings. The van der Waals surface area contributed by atoms with Crippen LogP contribution >= 0.6 is 34.3 Å². The first kappa shape index (κ1) is 27.6. The fourth-order valence-electron chi connectivity index (χ4n) is 1.27. The lowest BCUT2D eigenvalue weighted by atomic mass is 10.3. The van der Waals surface area contributed by atoms with Gasteiger partial charge in [-0.15, -0.1) is 23.2 Å². The van der Waals surface area contributed by atoms with E-state index in [0.717, 1.165) is 5.75 Å². The van der Waals surface area contributed by atoms with Crippen molar-refractivity contribution in [3.63, 3.8) is 0 Å². The van der Waals surface area contributed by atoms with Crippen molar-refractivity contribution < 1.29 is 9.53 Å². The first-order valence-corrected chi connectivity index (χ1v) is 17.2. The van der Waals surface area contributed by atoms with E-state index in [1.165, 1.54) is 0 Å². The van der Waals surface area contributed by atoms with E-state index in [1.807, 2.05) is 36.4 Å². The lowest BCUT2D eigenvalue weighted by Crippen LogP contribution is -2.29. The molecule has 0 bridgehead atoms. The van der Waals surface area contributed by atoms with Gasteiger partial charge in [-0.2, -0.15) is 11.1 Å². The van der Waals surface area contributed by atoms with Crippen LogP contribution in [-0.4, -0.2) is 26.1 Å². The Morgan fingerprint density at radius 3 is 1.31 bits per heavy atom. The average molecular weight is 454 g/mol. The highest BCUT2D eigenvalue weighted by molar-refractivity contribution is 7.18. The fourth-order valence-corrected chi connectivity index (χ4v) is 2.11. The van der Waals surface area contributed by atoms with Gasteiger partial charge in [0.1, 0.15) is 18.9 Å². The first-order valence-electron chi connectivity index (χ1n) is 8.18. The van der Waals surface area contributed by atoms with Crippen LogP contribution in [0.5, 0.6) is 11.5 Å². The molecule has 0 unspecified atom stereocenters. The molecule has 0 radical (unpaired) electrons. The van der Waals surface area contributed by atoms with Crippen LogP contribution in [0.1, 0.15) is 0 Å². The van der Waals surface area contributed by atoms with Gasteiger partial charge in [0.15, 0.2) is 0 Å². The van der Waals surface area contributed by atoms with Crippen molar-refractivity contribution in [3.05, 3.63) is 60.7 Å². The smallest absolute Gasteiger partial charge is 0.242 e. The van der Waals surface area contributed by atoms with Crippen molar-refractivity contribution >= 4 is 50.0 Å². The maximum Gasteiger partial charge on any atom is 0.242 e. The molecule has 0 aliphatic heterocycles. The van der Waals surface area contributed by atoms with Crippen molar-refractivity contribution in [2.24, 2.45) is 0 Å². The van der Waals surface area contributed by atoms with E-state index in [4.69, 9.17) is 43.8 Å². The van der Waals surface area contributed by atoms with E-state index in [0.29, 0.717) is 5.75 Å². The van der Waals surface area contributed by atoms with Gasteiger partial charge in [-0.1, -0.05) is 56.0 Å². The molecule has 2 aromatic carbocycles. The lowest BCUT2D eigenvalue weighted by Gasteiger charge is -2.18. The molecule has 0 aliphatic carbocycles. The lowest BCUT2D eigenvalue weighted by molar-refractivity contribution is 0.475. The molecule has 0 heterocycles. The number of aromatic hydroxyl groups is 1. The minimum atomic E-state index is -1.40. The van der Waals surface area contributed by atoms with Gasteiger partial charge >= 0.3 is 0 Å². The van der Waals surface area contributed by atoms with E-state index >= 15 is 0 Å². The number of hydrogen-bond acceptors (Lipinski definition) is 2. The molecule has 2 aromatic rings. The summed E-state index contributed by atoms with van der Waals surface area (Å²) in [4.78, 5) is 0. The Morgan fingerprint density at radius 2 is 1.08 bits per heavy atom. The minimum absolute atomic E-state index is 0.194. The number of phenolic OH excluding ortho intramolecular Hbond substituents is 1. The largest absolute Gasteiger partial charge is 0.544 e. The molecule has 2 nitrogen and oxygen atoms in total. The highest BCUT2D eigenvalue weighted by Gasteiger charge is 2.15. The van der Waals surface area contributed by atoms with Crippen LogP contribution in [0.15, 0.2) is 60.7 Å². The van der Waals surface area contributed by atoms with E-state index in [-0.39, 0.29) is 5.34 Å². The predicted octanol–water partition coefficient (Wildman–Crippen LogP) is 7.77. The van der Waals surface area contributed by atoms with Crippen LogP contribution in [0.4, 0.5) is 0 Å². The summed E-state index contributed by atoms with van der Waals surface area (Å²) in [5.41, 5.74) is 0. The van der Waals surface area contributed by atoms with Crippen LogP contribution in [0.25, 0.3) is 0 Å². The Labute approximate surface area is 175 Å². The van der Waals surface area contributed by atoms with Crippen molar-refractivity contribution in [3.8, 4) is 11.5 Å². The van der Waals surface area contributed by atoms with Crippen molar-refractivity contribution in [1.29, 1.82) is 0 Å². The Morgan fingerprint density at radius 1 is 0.769 bits per heavy atom. The van der Waals surface area contributed by atoms with E-state index in [1.54, 1.807) is 24.3 Å². The summed E-state index contributed by atoms with van der Waals surface area (Å²) in [6, 6.07) is 18.7. The van der Waals surface area contributed by atoms with Gasteiger partial charge in [0.2, 0.25) is 8.32 Å². The number of hydrogen-bond donors (Lipinski definition) is 1. The number of phenols is 1. The second kappa shape index (κ2) is 15.4. The Bertz CT molecular complexity index is 536. The van der Waals surface area contributed by atoms with E-state index in [9.17, 15) is 0 Å². The standard InChI is InChI=1S/C9H14OSi.C6H6O.C3H9ClSi.CH2Cl2/c1-11(2,3)10-9-7-5-4-6-8-9;7-6-4-2-1-3-5-6;1-5(2,3)4;2-1-3/h4-8H,1-3H3;1-5,7H;1-3H3;1H2. The van der Waals surface area contributed by atoms with Gasteiger partial charge in [-0.3, -0.25) is 0 Å². The minimum Gasteiger partial charge on any atom is -0.544 e. The fraction of sp³-hybridized carbons (Fsp3) is 0.368. The van der Waals surface area contributed by atoms with Gasteiger partial charge in [0.05, 0.1) is 5.34 Å². The third-order valence-corrected chi connectivity index (χ3v) is 2.77. The Balaban J connectivity index is 0. The highest BCUT2D eigenvalue weighted by atomic mass is 35.6. The third kappa shape index (κ3) is 28.2. The molecule has 0 saturated carbocycles. The number of halogens is 3. The molecule has 1 N–H and O–H groups in total. The van der Waals surface area contributed by atoms with Gasteiger partial charge in [0.25, 0.3) is 0 Å². The summed E-state index contributed by atoms with van der Waals surface area (Å²) >= 11 is 15.2. The number of benzene rings is 2. The number of rotatable bonds is 2. The zero-order valence-electron chi connectivity index (χ0n) is 16.5. The molecule has 0 fully saturated rings. The van der Waals surface area contributed by atoms with Gasteiger partial charge < -0.3 is 9.53 Å². The summed E-state index contributed by atoms with van der Waals surface area (Å²) in [7, 11) is -2.54. The molecule has 0 saturated heterocycles. The second-order valence-corrected chi connectivity index (χ2v) is 19.8. The highest BCUT2D eigenvalue weighted by Crippen LogP contribution is 2.14. The van der Waals surface area contributed by atoms with Crippen molar-refractivity contribution in [2.75, 3.05) is 5.34 Å². The summed E-state index contributed by atoms with van der Waals surface area (Å²) < 4.78 is 5.74. The molecule has 7 heteroatoms. The van der Waals surface area contributed by atoms with E-state index in [2.05, 4.69) is 39.3 Å². The molecular formula is C19H31Cl3O2Si2. The summed E-state index contributed by atoms with van der Waals surface area (Å²) in [6.45, 7) is 12.8. The monoisotopic (exact) mass is 452 g/mol. The van der Waals surface area contributed by atoms with Gasteiger partial charge in [-0.05, 0) is 43.9 Å². The first-order chi connectivity index (χ1) is 11.9. The van der Waals surface area contributed by atoms with Crippen LogP contribution in [0, 0.1) is 0 Å². The zero-order valence-corrected chi connectivity index (χ0v) is 20.7. The molecular weight excluding hydrogens is 423 g/mol. The zero-order chi connectivity index (χ0) is 20.6. The summed E-state index contributed by atoms with van der Waals surface area (Å²) in [5, 5.41) is 8.83. The quantitative estimate of drug-likeness (QED) is 0.286. The maximum atomic E-state index is 8.63. The Kier molecular flexibility index (Phi) is 16.3. The van der Waals surface area contributed by atoms with Crippen molar-refractivity contribution in [2.45, 2.75) is 39.3 Å². The van der Waals surface area contributed by atoms with Gasteiger partial charge in [0, 0.05) is 0 Å². The maximum absolute atomic E-state index is 8.63. The van der Waals surface area contributed by atoms with Crippen LogP contribution in [0.3, 0.4) is 0 Å². The molecule has 0 aromatic heterocycles. The molecule has 148 valence electrons. The number of para-hydroxylation sites is 2. The Hall–Kier alpha value is -0.656. The molecule has 0 spiro atoms. The van der Waals surface area contributed by atoms with E-state index < -0.39 is 15.7 Å². The second-order valence-electron chi connectivity index (χ2n) is 7.03. The van der Waals surface area contributed by atoms with Crippen LogP contribution < -0.4 is 4.43 Å². The molecule has 0 atom stereocenters. The van der Waals surface area contributed by atoms with Crippen molar-refractivity contribution in [1.82, 2.24) is 0 Å². The predicted molar refractivity (Wildman–Crippen MR) is 124 cm³/mol. The molecule has 2 rings (SSSR count). The third-order valence-electron chi connectivity index (χ3n) is 1.92. The summed E-state index contributed by atoms with van der Waals surface area (Å²) in [5.74, 6) is 1.31. The van der Waals surface area contributed by atoms with Crippen LogP contribution in [-0.2, 0) is 0 Å². The molecule has 26 heavy (non-hydrogen) atoms. The average Bonchev–Trinajstić information content (AvgIpc) is 2.47. The normalized spacial score (nSPS) is 10.0. The summed E-state index contributed by atoms with van der Waals surface area (Å²) in [6.07, 6.45) is 0.